The molecule has 0 saturated carbocycles. The first-order valence-electron chi connectivity index (χ1n) is 3.44. The van der Waals surface area contributed by atoms with Crippen LogP contribution in [0.4, 0.5) is 13.2 Å². The van der Waals surface area contributed by atoms with Gasteiger partial charge in [0.05, 0.1) is 0 Å². The highest BCUT2D eigenvalue weighted by atomic mass is 79.9. The summed E-state index contributed by atoms with van der Waals surface area (Å²) in [5.74, 6) is 0.0796. The molecule has 0 aliphatic heterocycles. The lowest BCUT2D eigenvalue weighted by atomic mass is 10.3. The van der Waals surface area contributed by atoms with Gasteiger partial charge in [-0.05, 0) is 24.3 Å². The van der Waals surface area contributed by atoms with Crippen LogP contribution in [0, 0.1) is 0 Å². The zero-order chi connectivity index (χ0) is 9.84. The highest BCUT2D eigenvalue weighted by Crippen LogP contribution is 2.19. The third-order valence-corrected chi connectivity index (χ3v) is 1.79. The second kappa shape index (κ2) is 4.50. The predicted octanol–water partition coefficient (Wildman–Crippen LogP) is 3.39. The molecule has 1 nitrogen and oxygen atoms in total. The van der Waals surface area contributed by atoms with Crippen molar-refractivity contribution in [3.8, 4) is 5.75 Å². The van der Waals surface area contributed by atoms with Gasteiger partial charge in [0.15, 0.2) is 0 Å². The van der Waals surface area contributed by atoms with Crippen LogP contribution in [0.1, 0.15) is 0 Å². The van der Waals surface area contributed by atoms with Crippen molar-refractivity contribution in [1.82, 2.24) is 0 Å². The highest BCUT2D eigenvalue weighted by Gasteiger charge is 2.20. The van der Waals surface area contributed by atoms with E-state index in [4.69, 9.17) is 0 Å². The van der Waals surface area contributed by atoms with Crippen LogP contribution in [0.25, 0.3) is 0 Å². The lowest BCUT2D eigenvalue weighted by Crippen LogP contribution is -2.19. The Kier molecular flexibility index (Phi) is 3.59. The number of ether oxygens (including phenoxy) is 1. The summed E-state index contributed by atoms with van der Waals surface area (Å²) in [5.41, 5.74) is 0. The number of rotatable bonds is 3. The minimum absolute atomic E-state index is 0.0796. The molecule has 0 radical (unpaired) electrons. The standard InChI is InChI=1S/C8H6BrF3O/c9-5-1-3-6(4-2-5)13-8(12)7(10)11/h1-4,7-8H. The van der Waals surface area contributed by atoms with Gasteiger partial charge < -0.3 is 4.74 Å². The van der Waals surface area contributed by atoms with Gasteiger partial charge >= 0.3 is 6.43 Å². The quantitative estimate of drug-likeness (QED) is 0.804. The van der Waals surface area contributed by atoms with E-state index in [0.29, 0.717) is 0 Å². The second-order valence-electron chi connectivity index (χ2n) is 2.26. The fraction of sp³-hybridized carbons (Fsp3) is 0.250. The summed E-state index contributed by atoms with van der Waals surface area (Å²) in [4.78, 5) is 0. The van der Waals surface area contributed by atoms with Crippen LogP contribution in [0.2, 0.25) is 0 Å². The van der Waals surface area contributed by atoms with E-state index >= 15 is 0 Å². The van der Waals surface area contributed by atoms with E-state index in [9.17, 15) is 13.2 Å². The third kappa shape index (κ3) is 3.26. The minimum atomic E-state index is -3.12. The smallest absolute Gasteiger partial charge is 0.304 e. The molecular formula is C8H6BrF3O. The maximum atomic E-state index is 12.3. The lowest BCUT2D eigenvalue weighted by Gasteiger charge is -2.09. The number of alkyl halides is 3. The first-order chi connectivity index (χ1) is 6.09. The van der Waals surface area contributed by atoms with Crippen molar-refractivity contribution in [2.24, 2.45) is 0 Å². The first-order valence-corrected chi connectivity index (χ1v) is 4.23. The molecule has 0 bridgehead atoms. The Bertz CT molecular complexity index is 263. The van der Waals surface area contributed by atoms with E-state index in [1.54, 1.807) is 12.1 Å². The Morgan fingerprint density at radius 3 is 2.08 bits per heavy atom. The van der Waals surface area contributed by atoms with Gasteiger partial charge in [-0.2, -0.15) is 4.39 Å². The summed E-state index contributed by atoms with van der Waals surface area (Å²) in [5, 5.41) is 0. The fourth-order valence-electron chi connectivity index (χ4n) is 0.695. The molecule has 5 heteroatoms. The van der Waals surface area contributed by atoms with Crippen LogP contribution >= 0.6 is 15.9 Å². The molecule has 1 unspecified atom stereocenters. The number of hydrogen-bond acceptors (Lipinski definition) is 1. The summed E-state index contributed by atoms with van der Waals surface area (Å²) in [6.07, 6.45) is -5.69. The fourth-order valence-corrected chi connectivity index (χ4v) is 0.959. The zero-order valence-electron chi connectivity index (χ0n) is 6.38. The van der Waals surface area contributed by atoms with E-state index in [-0.39, 0.29) is 5.75 Å². The second-order valence-corrected chi connectivity index (χ2v) is 3.17. The number of halogens is 4. The topological polar surface area (TPSA) is 9.23 Å². The van der Waals surface area contributed by atoms with Gasteiger partial charge in [0.1, 0.15) is 5.75 Å². The van der Waals surface area contributed by atoms with Crippen molar-refractivity contribution in [3.63, 3.8) is 0 Å². The Balaban J connectivity index is 2.59. The maximum absolute atomic E-state index is 12.3. The molecule has 0 aliphatic rings. The molecule has 72 valence electrons. The van der Waals surface area contributed by atoms with E-state index in [1.165, 1.54) is 12.1 Å². The minimum Gasteiger partial charge on any atom is -0.454 e. The van der Waals surface area contributed by atoms with Gasteiger partial charge in [0.25, 0.3) is 6.36 Å². The highest BCUT2D eigenvalue weighted by molar-refractivity contribution is 9.10. The molecular weight excluding hydrogens is 249 g/mol. The molecule has 0 fully saturated rings. The molecule has 0 saturated heterocycles. The molecule has 0 aliphatic carbocycles. The SMILES string of the molecule is FC(F)C(F)Oc1ccc(Br)cc1. The summed E-state index contributed by atoms with van der Waals surface area (Å²) in [7, 11) is 0. The summed E-state index contributed by atoms with van der Waals surface area (Å²) < 4.78 is 40.8. The van der Waals surface area contributed by atoms with Gasteiger partial charge in [-0.25, -0.2) is 8.78 Å². The van der Waals surface area contributed by atoms with E-state index in [2.05, 4.69) is 20.7 Å². The molecule has 0 heterocycles. The Morgan fingerprint density at radius 2 is 1.62 bits per heavy atom. The predicted molar refractivity (Wildman–Crippen MR) is 45.7 cm³/mol. The average molecular weight is 255 g/mol. The van der Waals surface area contributed by atoms with Crippen molar-refractivity contribution in [2.75, 3.05) is 0 Å². The molecule has 0 aromatic heterocycles. The average Bonchev–Trinajstić information content (AvgIpc) is 2.08. The zero-order valence-corrected chi connectivity index (χ0v) is 7.97. The molecule has 1 aromatic rings. The van der Waals surface area contributed by atoms with E-state index in [1.807, 2.05) is 0 Å². The Hall–Kier alpha value is -0.710. The van der Waals surface area contributed by atoms with Gasteiger partial charge in [-0.15, -0.1) is 0 Å². The molecule has 13 heavy (non-hydrogen) atoms. The van der Waals surface area contributed by atoms with Crippen LogP contribution in [0.15, 0.2) is 28.7 Å². The van der Waals surface area contributed by atoms with Gasteiger partial charge in [0, 0.05) is 4.47 Å². The molecule has 0 N–H and O–H groups in total. The Morgan fingerprint density at radius 1 is 1.08 bits per heavy atom. The molecule has 0 amide bonds. The van der Waals surface area contributed by atoms with Gasteiger partial charge in [-0.1, -0.05) is 15.9 Å². The number of hydrogen-bond donors (Lipinski definition) is 0. The van der Waals surface area contributed by atoms with Crippen molar-refractivity contribution < 1.29 is 17.9 Å². The summed E-state index contributed by atoms with van der Waals surface area (Å²) in [6, 6.07) is 5.96. The monoisotopic (exact) mass is 254 g/mol. The van der Waals surface area contributed by atoms with Crippen LogP contribution in [0.5, 0.6) is 5.75 Å². The summed E-state index contributed by atoms with van der Waals surface area (Å²) >= 11 is 3.14. The molecule has 1 atom stereocenters. The summed E-state index contributed by atoms with van der Waals surface area (Å²) in [6.45, 7) is 0. The molecule has 0 spiro atoms. The van der Waals surface area contributed by atoms with Gasteiger partial charge in [-0.3, -0.25) is 0 Å². The maximum Gasteiger partial charge on any atom is 0.304 e. The molecule has 1 aromatic carbocycles. The number of benzene rings is 1. The normalized spacial score (nSPS) is 13.0. The van der Waals surface area contributed by atoms with Crippen LogP contribution in [0.3, 0.4) is 0 Å². The van der Waals surface area contributed by atoms with Crippen molar-refractivity contribution in [1.29, 1.82) is 0 Å². The van der Waals surface area contributed by atoms with Crippen molar-refractivity contribution >= 4 is 15.9 Å². The lowest BCUT2D eigenvalue weighted by molar-refractivity contribution is -0.0668. The largest absolute Gasteiger partial charge is 0.454 e. The van der Waals surface area contributed by atoms with Crippen molar-refractivity contribution in [2.45, 2.75) is 12.8 Å². The van der Waals surface area contributed by atoms with E-state index in [0.717, 1.165) is 4.47 Å². The Labute approximate surface area is 81.6 Å². The van der Waals surface area contributed by atoms with Crippen LogP contribution in [-0.4, -0.2) is 12.8 Å². The van der Waals surface area contributed by atoms with Gasteiger partial charge in [0.2, 0.25) is 0 Å². The van der Waals surface area contributed by atoms with Crippen LogP contribution < -0.4 is 4.74 Å². The first kappa shape index (κ1) is 10.4. The third-order valence-electron chi connectivity index (χ3n) is 1.26. The van der Waals surface area contributed by atoms with E-state index < -0.39 is 12.8 Å². The molecule has 1 rings (SSSR count). The van der Waals surface area contributed by atoms with Crippen molar-refractivity contribution in [3.05, 3.63) is 28.7 Å². The van der Waals surface area contributed by atoms with Crippen LogP contribution in [-0.2, 0) is 0 Å².